The van der Waals surface area contributed by atoms with Crippen LogP contribution in [-0.2, 0) is 9.59 Å². The van der Waals surface area contributed by atoms with Crippen LogP contribution in [-0.4, -0.2) is 65.5 Å². The number of aliphatic carboxylic acids is 1. The zero-order valence-electron chi connectivity index (χ0n) is 17.8. The molecule has 1 aromatic carbocycles. The Kier molecular flexibility index (Phi) is 9.11. The van der Waals surface area contributed by atoms with Crippen LogP contribution in [0.15, 0.2) is 42.0 Å². The summed E-state index contributed by atoms with van der Waals surface area (Å²) in [6.07, 6.45) is 1.86. The topological polar surface area (TPSA) is 140 Å². The molecule has 2 aromatic rings. The molecule has 32 heavy (non-hydrogen) atoms. The molecule has 0 atom stereocenters. The zero-order chi connectivity index (χ0) is 23.7. The quantitative estimate of drug-likeness (QED) is 0.140. The molecule has 4 N–H and O–H groups in total. The van der Waals surface area contributed by atoms with Crippen molar-refractivity contribution in [3.8, 4) is 5.75 Å². The average molecular weight is 460 g/mol. The highest BCUT2D eigenvalue weighted by molar-refractivity contribution is 7.14. The Bertz CT molecular complexity index is 1010. The van der Waals surface area contributed by atoms with Crippen LogP contribution in [0.1, 0.15) is 33.5 Å². The number of ether oxygens (including phenoxy) is 1. The maximum absolute atomic E-state index is 12.6. The summed E-state index contributed by atoms with van der Waals surface area (Å²) in [6, 6.07) is 9.78. The third kappa shape index (κ3) is 7.03. The molecule has 1 amide bonds. The Labute approximate surface area is 189 Å². The second kappa shape index (κ2) is 11.8. The van der Waals surface area contributed by atoms with Gasteiger partial charge in [-0.3, -0.25) is 15.0 Å². The molecule has 0 aliphatic rings. The van der Waals surface area contributed by atoms with Gasteiger partial charge < -0.3 is 25.2 Å². The van der Waals surface area contributed by atoms with Crippen LogP contribution in [0.5, 0.6) is 5.75 Å². The molecular formula is C22H25N3O6S. The number of carboxylic acids is 1. The fraction of sp³-hybridized carbons (Fsp3) is 0.273. The maximum Gasteiger partial charge on any atom is 0.353 e. The van der Waals surface area contributed by atoms with Crippen LogP contribution >= 0.6 is 11.3 Å². The van der Waals surface area contributed by atoms with Gasteiger partial charge in [0.1, 0.15) is 23.0 Å². The number of amidine groups is 1. The number of esters is 1. The molecule has 0 aliphatic carbocycles. The van der Waals surface area contributed by atoms with E-state index >= 15 is 0 Å². The van der Waals surface area contributed by atoms with Crippen LogP contribution in [0.3, 0.4) is 0 Å². The largest absolute Gasteiger partial charge is 0.480 e. The minimum atomic E-state index is -1.14. The van der Waals surface area contributed by atoms with E-state index in [0.29, 0.717) is 26.6 Å². The molecule has 0 bridgehead atoms. The van der Waals surface area contributed by atoms with Crippen LogP contribution in [0.2, 0.25) is 0 Å². The lowest BCUT2D eigenvalue weighted by Gasteiger charge is -2.20. The predicted octanol–water partition coefficient (Wildman–Crippen LogP) is 2.21. The van der Waals surface area contributed by atoms with Crippen molar-refractivity contribution in [2.24, 2.45) is 0 Å². The first kappa shape index (κ1) is 24.8. The molecule has 0 fully saturated rings. The van der Waals surface area contributed by atoms with Gasteiger partial charge in [-0.15, -0.1) is 11.3 Å². The number of rotatable bonds is 10. The summed E-state index contributed by atoms with van der Waals surface area (Å²) in [4.78, 5) is 38.1. The van der Waals surface area contributed by atoms with Gasteiger partial charge in [0.25, 0.3) is 0 Å². The maximum atomic E-state index is 12.6. The number of nitrogens with one attached hydrogen (secondary N) is 2. The lowest BCUT2D eigenvalue weighted by molar-refractivity contribution is -0.143. The Morgan fingerprint density at radius 2 is 1.88 bits per heavy atom. The number of hydrogen-bond acceptors (Lipinski definition) is 7. The molecule has 1 aromatic heterocycles. The first-order valence-corrected chi connectivity index (χ1v) is 10.6. The first-order valence-electron chi connectivity index (χ1n) is 9.74. The Hall–Kier alpha value is -3.50. The van der Waals surface area contributed by atoms with Crippen molar-refractivity contribution in [1.82, 2.24) is 10.2 Å². The summed E-state index contributed by atoms with van der Waals surface area (Å²) in [5, 5.41) is 28.4. The third-order valence-electron chi connectivity index (χ3n) is 4.33. The van der Waals surface area contributed by atoms with Crippen molar-refractivity contribution in [2.75, 3.05) is 26.7 Å². The van der Waals surface area contributed by atoms with E-state index in [1.54, 1.807) is 56.4 Å². The lowest BCUT2D eigenvalue weighted by Crippen LogP contribution is -2.37. The van der Waals surface area contributed by atoms with Gasteiger partial charge in [0.05, 0.1) is 0 Å². The summed E-state index contributed by atoms with van der Waals surface area (Å²) < 4.78 is 5.36. The van der Waals surface area contributed by atoms with Crippen LogP contribution < -0.4 is 10.1 Å². The number of carbonyl (C=O) groups excluding carboxylic acids is 2. The minimum Gasteiger partial charge on any atom is -0.480 e. The van der Waals surface area contributed by atoms with Crippen LogP contribution in [0.25, 0.3) is 6.08 Å². The second-order valence-electron chi connectivity index (χ2n) is 6.77. The van der Waals surface area contributed by atoms with E-state index < -0.39 is 24.4 Å². The molecule has 0 spiro atoms. The van der Waals surface area contributed by atoms with Crippen LogP contribution in [0.4, 0.5) is 0 Å². The van der Waals surface area contributed by atoms with Gasteiger partial charge >= 0.3 is 11.9 Å². The number of nitrogens with zero attached hydrogens (tertiary/aromatic N) is 1. The van der Waals surface area contributed by atoms with E-state index in [4.69, 9.17) is 20.4 Å². The van der Waals surface area contributed by atoms with Crippen molar-refractivity contribution >= 4 is 41.1 Å². The average Bonchev–Trinajstić information content (AvgIpc) is 3.24. The van der Waals surface area contributed by atoms with Gasteiger partial charge in [-0.25, -0.2) is 4.79 Å². The van der Waals surface area contributed by atoms with E-state index in [2.05, 4.69) is 5.32 Å². The van der Waals surface area contributed by atoms with Gasteiger partial charge in [-0.2, -0.15) is 0 Å². The number of carbonyl (C=O) groups is 3. The van der Waals surface area contributed by atoms with E-state index in [1.165, 1.54) is 0 Å². The standard InChI is InChI=1S/C22H25N3O6S/c1-14(21(29)25(10-3-11-26)13-19(27)28)12-17-8-9-18(32-17)22(30)31-16-6-4-15(5-7-16)20(23)24-2/h4-9,12,26H,3,10-11,13H2,1-2H3,(H2,23,24)(H,27,28)/b14-12+. The molecule has 0 saturated heterocycles. The fourth-order valence-corrected chi connectivity index (χ4v) is 3.62. The summed E-state index contributed by atoms with van der Waals surface area (Å²) >= 11 is 1.14. The number of thiophene rings is 1. The molecule has 0 radical (unpaired) electrons. The van der Waals surface area contributed by atoms with Crippen molar-refractivity contribution < 1.29 is 29.3 Å². The number of benzene rings is 1. The summed E-state index contributed by atoms with van der Waals surface area (Å²) in [6.45, 7) is 1.08. The first-order chi connectivity index (χ1) is 15.2. The molecule has 9 nitrogen and oxygen atoms in total. The number of aliphatic hydroxyl groups excluding tert-OH is 1. The molecule has 2 rings (SSSR count). The fourth-order valence-electron chi connectivity index (χ4n) is 2.73. The molecule has 0 unspecified atom stereocenters. The van der Waals surface area contributed by atoms with Gasteiger partial charge in [-0.05, 0) is 55.8 Å². The highest BCUT2D eigenvalue weighted by atomic mass is 32.1. The van der Waals surface area contributed by atoms with Crippen molar-refractivity contribution in [2.45, 2.75) is 13.3 Å². The van der Waals surface area contributed by atoms with E-state index in [-0.39, 0.29) is 25.4 Å². The molecule has 0 saturated carbocycles. The van der Waals surface area contributed by atoms with Gasteiger partial charge in [0, 0.05) is 36.2 Å². The van der Waals surface area contributed by atoms with E-state index in [0.717, 1.165) is 16.2 Å². The number of amides is 1. The summed E-state index contributed by atoms with van der Waals surface area (Å²) in [7, 11) is 1.65. The SMILES string of the molecule is CNC(=N)c1ccc(OC(=O)c2ccc(/C=C(\C)C(=O)N(CCCO)CC(=O)O)s2)cc1. The summed E-state index contributed by atoms with van der Waals surface area (Å²) in [5.74, 6) is -1.55. The molecule has 10 heteroatoms. The Balaban J connectivity index is 2.07. The highest BCUT2D eigenvalue weighted by Gasteiger charge is 2.18. The molecule has 0 aliphatic heterocycles. The van der Waals surface area contributed by atoms with Gasteiger partial charge in [0.2, 0.25) is 5.91 Å². The smallest absolute Gasteiger partial charge is 0.353 e. The highest BCUT2D eigenvalue weighted by Crippen LogP contribution is 2.22. The number of hydrogen-bond donors (Lipinski definition) is 4. The molecular weight excluding hydrogens is 434 g/mol. The number of carboxylic acid groups (broad SMARTS) is 1. The van der Waals surface area contributed by atoms with Crippen molar-refractivity contribution in [3.05, 3.63) is 57.3 Å². The molecule has 1 heterocycles. The number of aliphatic hydroxyl groups is 1. The zero-order valence-corrected chi connectivity index (χ0v) is 18.6. The van der Waals surface area contributed by atoms with Crippen molar-refractivity contribution in [1.29, 1.82) is 5.41 Å². The lowest BCUT2D eigenvalue weighted by atomic mass is 10.2. The van der Waals surface area contributed by atoms with E-state index in [1.807, 2.05) is 0 Å². The Morgan fingerprint density at radius 1 is 1.19 bits per heavy atom. The Morgan fingerprint density at radius 3 is 2.47 bits per heavy atom. The van der Waals surface area contributed by atoms with Gasteiger partial charge in [-0.1, -0.05) is 0 Å². The monoisotopic (exact) mass is 459 g/mol. The second-order valence-corrected chi connectivity index (χ2v) is 7.88. The van der Waals surface area contributed by atoms with Crippen LogP contribution in [0, 0.1) is 5.41 Å². The van der Waals surface area contributed by atoms with E-state index in [9.17, 15) is 14.4 Å². The predicted molar refractivity (Wildman–Crippen MR) is 121 cm³/mol. The minimum absolute atomic E-state index is 0.126. The van der Waals surface area contributed by atoms with Gasteiger partial charge in [0.15, 0.2) is 0 Å². The normalized spacial score (nSPS) is 11.0. The molecule has 170 valence electrons. The van der Waals surface area contributed by atoms with Crippen molar-refractivity contribution in [3.63, 3.8) is 0 Å². The third-order valence-corrected chi connectivity index (χ3v) is 5.34. The summed E-state index contributed by atoms with van der Waals surface area (Å²) in [5.41, 5.74) is 0.973.